The van der Waals surface area contributed by atoms with Gasteiger partial charge in [0.15, 0.2) is 0 Å². The molecule has 98 valence electrons. The molecule has 1 aliphatic heterocycles. The molecule has 1 saturated heterocycles. The van der Waals surface area contributed by atoms with Crippen molar-refractivity contribution < 1.29 is 9.90 Å². The molecular weight excluding hydrogens is 228 g/mol. The van der Waals surface area contributed by atoms with Crippen LogP contribution in [0, 0.1) is 5.92 Å². The maximum Gasteiger partial charge on any atom is 0.354 e. The summed E-state index contributed by atoms with van der Waals surface area (Å²) in [6.07, 6.45) is 3.75. The van der Waals surface area contributed by atoms with Crippen LogP contribution in [0.15, 0.2) is 18.2 Å². The van der Waals surface area contributed by atoms with Crippen molar-refractivity contribution in [3.63, 3.8) is 0 Å². The van der Waals surface area contributed by atoms with Crippen molar-refractivity contribution in [1.82, 2.24) is 9.88 Å². The molecule has 1 fully saturated rings. The van der Waals surface area contributed by atoms with Gasteiger partial charge in [-0.25, -0.2) is 9.78 Å². The van der Waals surface area contributed by atoms with Crippen LogP contribution in [-0.2, 0) is 6.54 Å². The molecule has 18 heavy (non-hydrogen) atoms. The van der Waals surface area contributed by atoms with E-state index in [1.807, 2.05) is 6.07 Å². The number of carboxylic acids is 1. The average Bonchev–Trinajstić information content (AvgIpc) is 2.40. The van der Waals surface area contributed by atoms with Gasteiger partial charge < -0.3 is 5.11 Å². The number of hydrogen-bond acceptors (Lipinski definition) is 3. The van der Waals surface area contributed by atoms with Crippen molar-refractivity contribution in [1.29, 1.82) is 0 Å². The van der Waals surface area contributed by atoms with Crippen molar-refractivity contribution in [2.75, 3.05) is 13.1 Å². The lowest BCUT2D eigenvalue weighted by atomic mass is 9.94. The van der Waals surface area contributed by atoms with Crippen LogP contribution in [0.25, 0.3) is 0 Å². The van der Waals surface area contributed by atoms with Gasteiger partial charge in [0.1, 0.15) is 5.69 Å². The highest BCUT2D eigenvalue weighted by atomic mass is 16.4. The first-order valence-electron chi connectivity index (χ1n) is 6.60. The SMILES string of the molecule is CCC1CCN(Cc2cccc(C(=O)O)n2)CC1. The highest BCUT2D eigenvalue weighted by Gasteiger charge is 2.18. The Labute approximate surface area is 108 Å². The quantitative estimate of drug-likeness (QED) is 0.889. The van der Waals surface area contributed by atoms with Crippen LogP contribution in [-0.4, -0.2) is 34.0 Å². The average molecular weight is 248 g/mol. The van der Waals surface area contributed by atoms with Crippen LogP contribution < -0.4 is 0 Å². The van der Waals surface area contributed by atoms with Gasteiger partial charge in [-0.2, -0.15) is 0 Å². The Hall–Kier alpha value is -1.42. The molecule has 2 heterocycles. The number of carboxylic acid groups (broad SMARTS) is 1. The normalized spacial score (nSPS) is 17.8. The van der Waals surface area contributed by atoms with Crippen LogP contribution in [0.4, 0.5) is 0 Å². The summed E-state index contributed by atoms with van der Waals surface area (Å²) < 4.78 is 0. The fraction of sp³-hybridized carbons (Fsp3) is 0.571. The topological polar surface area (TPSA) is 53.4 Å². The molecule has 0 radical (unpaired) electrons. The number of aromatic nitrogens is 1. The molecule has 1 aromatic heterocycles. The molecule has 0 aliphatic carbocycles. The smallest absolute Gasteiger partial charge is 0.354 e. The van der Waals surface area contributed by atoms with Gasteiger partial charge in [0, 0.05) is 6.54 Å². The first kappa shape index (κ1) is 13.0. The number of pyridine rings is 1. The van der Waals surface area contributed by atoms with E-state index < -0.39 is 5.97 Å². The van der Waals surface area contributed by atoms with E-state index in [1.54, 1.807) is 6.07 Å². The first-order valence-corrected chi connectivity index (χ1v) is 6.60. The van der Waals surface area contributed by atoms with Gasteiger partial charge in [-0.3, -0.25) is 4.90 Å². The molecule has 0 saturated carbocycles. The van der Waals surface area contributed by atoms with E-state index in [1.165, 1.54) is 25.3 Å². The Morgan fingerprint density at radius 1 is 1.44 bits per heavy atom. The van der Waals surface area contributed by atoms with Gasteiger partial charge in [-0.15, -0.1) is 0 Å². The van der Waals surface area contributed by atoms with Gasteiger partial charge in [0.05, 0.1) is 5.69 Å². The molecule has 0 atom stereocenters. The number of aromatic carboxylic acids is 1. The highest BCUT2D eigenvalue weighted by molar-refractivity contribution is 5.85. The van der Waals surface area contributed by atoms with Gasteiger partial charge in [0.25, 0.3) is 0 Å². The molecule has 0 amide bonds. The van der Waals surface area contributed by atoms with Crippen LogP contribution in [0.5, 0.6) is 0 Å². The molecule has 0 bridgehead atoms. The molecule has 4 nitrogen and oxygen atoms in total. The Balaban J connectivity index is 1.94. The van der Waals surface area contributed by atoms with E-state index in [4.69, 9.17) is 5.11 Å². The van der Waals surface area contributed by atoms with Gasteiger partial charge in [-0.1, -0.05) is 19.4 Å². The third-order valence-electron chi connectivity index (χ3n) is 3.70. The molecule has 1 aliphatic rings. The van der Waals surface area contributed by atoms with E-state index >= 15 is 0 Å². The standard InChI is InChI=1S/C14H20N2O2/c1-2-11-6-8-16(9-7-11)10-12-4-3-5-13(15-12)14(17)18/h3-5,11H,2,6-10H2,1H3,(H,17,18). The van der Waals surface area contributed by atoms with Gasteiger partial charge >= 0.3 is 5.97 Å². The minimum atomic E-state index is -0.957. The number of nitrogens with zero attached hydrogens (tertiary/aromatic N) is 2. The summed E-state index contributed by atoms with van der Waals surface area (Å²) in [5.41, 5.74) is 0.987. The number of rotatable bonds is 4. The van der Waals surface area contributed by atoms with Gasteiger partial charge in [-0.05, 0) is 44.0 Å². The lowest BCUT2D eigenvalue weighted by Gasteiger charge is -2.31. The van der Waals surface area contributed by atoms with Crippen molar-refractivity contribution in [2.45, 2.75) is 32.7 Å². The second-order valence-corrected chi connectivity index (χ2v) is 4.95. The lowest BCUT2D eigenvalue weighted by molar-refractivity contribution is 0.0689. The molecule has 1 N–H and O–H groups in total. The summed E-state index contributed by atoms with van der Waals surface area (Å²) in [5, 5.41) is 8.91. The summed E-state index contributed by atoms with van der Waals surface area (Å²) in [6, 6.07) is 5.21. The first-order chi connectivity index (χ1) is 8.69. The van der Waals surface area contributed by atoms with Crippen LogP contribution in [0.1, 0.15) is 42.4 Å². The number of hydrogen-bond donors (Lipinski definition) is 1. The molecular formula is C14H20N2O2. The fourth-order valence-corrected chi connectivity index (χ4v) is 2.47. The summed E-state index contributed by atoms with van der Waals surface area (Å²) in [4.78, 5) is 17.4. The van der Waals surface area contributed by atoms with E-state index in [9.17, 15) is 4.79 Å². The molecule has 0 unspecified atom stereocenters. The van der Waals surface area contributed by atoms with Crippen molar-refractivity contribution in [3.8, 4) is 0 Å². The summed E-state index contributed by atoms with van der Waals surface area (Å²) in [7, 11) is 0. The Bertz CT molecular complexity index is 412. The summed E-state index contributed by atoms with van der Waals surface area (Å²) in [5.74, 6) is -0.0962. The monoisotopic (exact) mass is 248 g/mol. The number of piperidine rings is 1. The molecule has 2 rings (SSSR count). The minimum absolute atomic E-state index is 0.135. The zero-order valence-corrected chi connectivity index (χ0v) is 10.8. The molecule has 0 spiro atoms. The molecule has 0 aromatic carbocycles. The van der Waals surface area contributed by atoms with Crippen LogP contribution >= 0.6 is 0 Å². The highest BCUT2D eigenvalue weighted by Crippen LogP contribution is 2.20. The van der Waals surface area contributed by atoms with Crippen molar-refractivity contribution >= 4 is 5.97 Å². The minimum Gasteiger partial charge on any atom is -0.477 e. The van der Waals surface area contributed by atoms with Gasteiger partial charge in [0.2, 0.25) is 0 Å². The van der Waals surface area contributed by atoms with Crippen molar-refractivity contribution in [3.05, 3.63) is 29.6 Å². The predicted molar refractivity (Wildman–Crippen MR) is 69.5 cm³/mol. The number of likely N-dealkylation sites (tertiary alicyclic amines) is 1. The van der Waals surface area contributed by atoms with E-state index in [-0.39, 0.29) is 5.69 Å². The molecule has 4 heteroatoms. The lowest BCUT2D eigenvalue weighted by Crippen LogP contribution is -2.33. The maximum absolute atomic E-state index is 10.9. The van der Waals surface area contributed by atoms with Crippen LogP contribution in [0.2, 0.25) is 0 Å². The Kier molecular flexibility index (Phi) is 4.31. The second kappa shape index (κ2) is 5.96. The fourth-order valence-electron chi connectivity index (χ4n) is 2.47. The Morgan fingerprint density at radius 2 is 2.17 bits per heavy atom. The van der Waals surface area contributed by atoms with E-state index in [0.29, 0.717) is 0 Å². The molecule has 1 aromatic rings. The van der Waals surface area contributed by atoms with Crippen LogP contribution in [0.3, 0.4) is 0 Å². The maximum atomic E-state index is 10.9. The predicted octanol–water partition coefficient (Wildman–Crippen LogP) is 2.40. The Morgan fingerprint density at radius 3 is 2.78 bits per heavy atom. The summed E-state index contributed by atoms with van der Waals surface area (Å²) >= 11 is 0. The zero-order chi connectivity index (χ0) is 13.0. The summed E-state index contributed by atoms with van der Waals surface area (Å²) in [6.45, 7) is 5.20. The third-order valence-corrected chi connectivity index (χ3v) is 3.70. The number of carbonyl (C=O) groups is 1. The third kappa shape index (κ3) is 3.29. The van der Waals surface area contributed by atoms with E-state index in [0.717, 1.165) is 31.2 Å². The van der Waals surface area contributed by atoms with E-state index in [2.05, 4.69) is 16.8 Å². The van der Waals surface area contributed by atoms with Crippen molar-refractivity contribution in [2.24, 2.45) is 5.92 Å². The largest absolute Gasteiger partial charge is 0.477 e. The second-order valence-electron chi connectivity index (χ2n) is 4.95. The zero-order valence-electron chi connectivity index (χ0n) is 10.8.